The average Bonchev–Trinajstić information content (AvgIpc) is 2.56. The van der Waals surface area contributed by atoms with E-state index in [1.807, 2.05) is 6.92 Å². The fourth-order valence-corrected chi connectivity index (χ4v) is 2.83. The van der Waals surface area contributed by atoms with Crippen molar-refractivity contribution in [3.05, 3.63) is 22.8 Å². The zero-order valence-electron chi connectivity index (χ0n) is 15.7. The van der Waals surface area contributed by atoms with Crippen molar-refractivity contribution in [2.24, 2.45) is 0 Å². The number of ether oxygens (including phenoxy) is 3. The molecule has 1 saturated heterocycles. The van der Waals surface area contributed by atoms with Crippen LogP contribution in [0.5, 0.6) is 5.88 Å². The fraction of sp³-hybridized carbons (Fsp3) is 0.611. The third kappa shape index (κ3) is 4.65. The van der Waals surface area contributed by atoms with E-state index >= 15 is 0 Å². The summed E-state index contributed by atoms with van der Waals surface area (Å²) in [7, 11) is 1.26. The molecule has 144 valence electrons. The minimum atomic E-state index is -1.27. The van der Waals surface area contributed by atoms with Gasteiger partial charge >= 0.3 is 11.9 Å². The molecule has 1 N–H and O–H groups in total. The lowest BCUT2D eigenvalue weighted by atomic mass is 9.90. The monoisotopic (exact) mass is 384 g/mol. The number of halogens is 1. The van der Waals surface area contributed by atoms with Gasteiger partial charge in [-0.15, -0.1) is 0 Å². The summed E-state index contributed by atoms with van der Waals surface area (Å²) in [5, 5.41) is 3.24. The first kappa shape index (κ1) is 20.5. The van der Waals surface area contributed by atoms with E-state index in [0.717, 1.165) is 0 Å². The largest absolute Gasteiger partial charge is 0.465 e. The molecule has 0 saturated carbocycles. The van der Waals surface area contributed by atoms with Crippen molar-refractivity contribution in [2.75, 3.05) is 13.7 Å². The van der Waals surface area contributed by atoms with E-state index in [4.69, 9.17) is 25.8 Å². The maximum absolute atomic E-state index is 12.9. The van der Waals surface area contributed by atoms with Crippen LogP contribution in [0.25, 0.3) is 0 Å². The van der Waals surface area contributed by atoms with E-state index in [2.05, 4.69) is 10.3 Å². The number of hydrogen-bond donors (Lipinski definition) is 1. The molecule has 1 fully saturated rings. The average molecular weight is 385 g/mol. The van der Waals surface area contributed by atoms with Crippen molar-refractivity contribution in [3.63, 3.8) is 0 Å². The molecule has 0 aliphatic carbocycles. The molecule has 0 bridgehead atoms. The summed E-state index contributed by atoms with van der Waals surface area (Å²) >= 11 is 6.27. The molecule has 0 radical (unpaired) electrons. The van der Waals surface area contributed by atoms with Crippen molar-refractivity contribution in [1.82, 2.24) is 10.3 Å². The molecule has 8 heteroatoms. The highest BCUT2D eigenvalue weighted by atomic mass is 35.5. The summed E-state index contributed by atoms with van der Waals surface area (Å²) in [6, 6.07) is 1.68. The molecule has 1 aromatic heterocycles. The minimum Gasteiger partial charge on any atom is -0.465 e. The number of rotatable bonds is 4. The van der Waals surface area contributed by atoms with Gasteiger partial charge in [-0.1, -0.05) is 11.6 Å². The maximum Gasteiger partial charge on any atom is 0.352 e. The molecule has 2 atom stereocenters. The molecule has 7 nitrogen and oxygen atoms in total. The fourth-order valence-electron chi connectivity index (χ4n) is 2.60. The Morgan fingerprint density at radius 3 is 2.62 bits per heavy atom. The van der Waals surface area contributed by atoms with Gasteiger partial charge in [-0.05, 0) is 40.2 Å². The lowest BCUT2D eigenvalue weighted by Gasteiger charge is -2.39. The van der Waals surface area contributed by atoms with Crippen molar-refractivity contribution in [2.45, 2.75) is 57.8 Å². The lowest BCUT2D eigenvalue weighted by molar-refractivity contribution is -0.176. The Hall–Kier alpha value is -1.86. The van der Waals surface area contributed by atoms with Crippen LogP contribution in [-0.4, -0.2) is 47.8 Å². The highest BCUT2D eigenvalue weighted by Crippen LogP contribution is 2.33. The predicted octanol–water partition coefficient (Wildman–Crippen LogP) is 2.75. The van der Waals surface area contributed by atoms with Crippen LogP contribution < -0.4 is 10.1 Å². The smallest absolute Gasteiger partial charge is 0.352 e. The summed E-state index contributed by atoms with van der Waals surface area (Å²) in [5.41, 5.74) is -1.82. The van der Waals surface area contributed by atoms with Gasteiger partial charge in [0.15, 0.2) is 0 Å². The SMILES string of the molecule is COC(=O)c1ccnc(O[C@]2(C(=O)OC(C)(C)C)CC[C@@H](C)NC2)c1Cl. The van der Waals surface area contributed by atoms with Gasteiger partial charge in [0.25, 0.3) is 0 Å². The first-order chi connectivity index (χ1) is 12.1. The first-order valence-corrected chi connectivity index (χ1v) is 8.84. The molecule has 0 unspecified atom stereocenters. The van der Waals surface area contributed by atoms with Crippen molar-refractivity contribution >= 4 is 23.5 Å². The quantitative estimate of drug-likeness (QED) is 0.798. The van der Waals surface area contributed by atoms with Crippen LogP contribution in [0.4, 0.5) is 0 Å². The number of methoxy groups -OCH3 is 1. The van der Waals surface area contributed by atoms with Crippen LogP contribution >= 0.6 is 11.6 Å². The zero-order chi connectivity index (χ0) is 19.5. The number of carbonyl (C=O) groups is 2. The third-order valence-corrected chi connectivity index (χ3v) is 4.41. The number of nitrogens with zero attached hydrogens (tertiary/aromatic N) is 1. The van der Waals surface area contributed by atoms with Gasteiger partial charge < -0.3 is 19.5 Å². The van der Waals surface area contributed by atoms with E-state index < -0.39 is 23.1 Å². The van der Waals surface area contributed by atoms with Crippen molar-refractivity contribution < 1.29 is 23.8 Å². The Morgan fingerprint density at radius 1 is 1.38 bits per heavy atom. The van der Waals surface area contributed by atoms with Gasteiger partial charge in [0.05, 0.1) is 12.7 Å². The number of hydrogen-bond acceptors (Lipinski definition) is 7. The molecule has 0 amide bonds. The van der Waals surface area contributed by atoms with E-state index in [1.165, 1.54) is 19.4 Å². The van der Waals surface area contributed by atoms with Crippen LogP contribution in [0.15, 0.2) is 12.3 Å². The van der Waals surface area contributed by atoms with Crippen molar-refractivity contribution in [3.8, 4) is 5.88 Å². The van der Waals surface area contributed by atoms with E-state index in [9.17, 15) is 9.59 Å². The van der Waals surface area contributed by atoms with Gasteiger partial charge in [0.2, 0.25) is 11.5 Å². The summed E-state index contributed by atoms with van der Waals surface area (Å²) in [5.74, 6) is -1.11. The minimum absolute atomic E-state index is 0.000839. The molecule has 0 aromatic carbocycles. The van der Waals surface area contributed by atoms with Crippen LogP contribution in [-0.2, 0) is 14.3 Å². The summed E-state index contributed by atoms with van der Waals surface area (Å²) in [6.07, 6.45) is 2.54. The molecule has 2 rings (SSSR count). The Morgan fingerprint density at radius 2 is 2.08 bits per heavy atom. The zero-order valence-corrected chi connectivity index (χ0v) is 16.5. The molecule has 1 aromatic rings. The van der Waals surface area contributed by atoms with Gasteiger partial charge in [-0.2, -0.15) is 0 Å². The Balaban J connectivity index is 2.36. The number of piperidine rings is 1. The van der Waals surface area contributed by atoms with Gasteiger partial charge in [0.1, 0.15) is 10.6 Å². The highest BCUT2D eigenvalue weighted by Gasteiger charge is 2.47. The molecule has 1 aliphatic heterocycles. The molecule has 26 heavy (non-hydrogen) atoms. The van der Waals surface area contributed by atoms with Crippen LogP contribution in [0.2, 0.25) is 5.02 Å². The van der Waals surface area contributed by atoms with Gasteiger partial charge in [-0.3, -0.25) is 0 Å². The second-order valence-corrected chi connectivity index (χ2v) is 7.77. The predicted molar refractivity (Wildman–Crippen MR) is 96.5 cm³/mol. The molecular weight excluding hydrogens is 360 g/mol. The summed E-state index contributed by atoms with van der Waals surface area (Å²) in [4.78, 5) is 28.8. The van der Waals surface area contributed by atoms with Gasteiger partial charge in [-0.25, -0.2) is 14.6 Å². The summed E-state index contributed by atoms with van der Waals surface area (Å²) in [6.45, 7) is 7.66. The number of pyridine rings is 1. The molecule has 2 heterocycles. The van der Waals surface area contributed by atoms with Crippen LogP contribution in [0.3, 0.4) is 0 Å². The number of esters is 2. The number of carbonyl (C=O) groups excluding carboxylic acids is 2. The highest BCUT2D eigenvalue weighted by molar-refractivity contribution is 6.34. The maximum atomic E-state index is 12.9. The van der Waals surface area contributed by atoms with Gasteiger partial charge in [0, 0.05) is 25.2 Å². The topological polar surface area (TPSA) is 86.8 Å². The van der Waals surface area contributed by atoms with Crippen molar-refractivity contribution in [1.29, 1.82) is 0 Å². The van der Waals surface area contributed by atoms with E-state index in [0.29, 0.717) is 12.8 Å². The Bertz CT molecular complexity index is 679. The third-order valence-electron chi connectivity index (χ3n) is 4.04. The Labute approximate surface area is 158 Å². The first-order valence-electron chi connectivity index (χ1n) is 8.46. The lowest BCUT2D eigenvalue weighted by Crippen LogP contribution is -2.59. The van der Waals surface area contributed by atoms with Crippen LogP contribution in [0, 0.1) is 0 Å². The number of aromatic nitrogens is 1. The molecule has 0 spiro atoms. The standard InChI is InChI=1S/C18H25ClN2O5/c1-11-6-8-18(10-21-11,16(23)26-17(2,3)4)25-14-13(19)12(7-9-20-14)15(22)24-5/h7,9,11,21H,6,8,10H2,1-5H3/t11-,18-/m1/s1. The summed E-state index contributed by atoms with van der Waals surface area (Å²) < 4.78 is 16.2. The normalized spacial score (nSPS) is 23.2. The molecule has 1 aliphatic rings. The van der Waals surface area contributed by atoms with E-state index in [-0.39, 0.29) is 29.1 Å². The molecular formula is C18H25ClN2O5. The second kappa shape index (κ2) is 7.80. The second-order valence-electron chi connectivity index (χ2n) is 7.39. The Kier molecular flexibility index (Phi) is 6.13. The van der Waals surface area contributed by atoms with E-state index in [1.54, 1.807) is 20.8 Å². The number of nitrogens with one attached hydrogen (secondary N) is 1. The van der Waals surface area contributed by atoms with Crippen LogP contribution in [0.1, 0.15) is 50.9 Å².